The number of carbonyl (C=O) groups is 1. The summed E-state index contributed by atoms with van der Waals surface area (Å²) in [5, 5.41) is 0. The van der Waals surface area contributed by atoms with E-state index in [4.69, 9.17) is 5.73 Å². The third-order valence-corrected chi connectivity index (χ3v) is 6.25. The molecule has 0 unspecified atom stereocenters. The third kappa shape index (κ3) is 5.25. The number of likely N-dealkylation sites (tertiary alicyclic amines) is 1. The number of nitrogens with two attached hydrogens (primary N) is 1. The van der Waals surface area contributed by atoms with Crippen LogP contribution < -0.4 is 10.5 Å². The Bertz CT molecular complexity index is 889. The van der Waals surface area contributed by atoms with Crippen molar-refractivity contribution in [3.63, 3.8) is 0 Å². The summed E-state index contributed by atoms with van der Waals surface area (Å²) in [5.41, 5.74) is 8.39. The van der Waals surface area contributed by atoms with E-state index < -0.39 is 10.0 Å². The fraction of sp³-hybridized carbons (Fsp3) is 0.350. The molecule has 1 heterocycles. The van der Waals surface area contributed by atoms with Gasteiger partial charge in [0.1, 0.15) is 0 Å². The summed E-state index contributed by atoms with van der Waals surface area (Å²) < 4.78 is 26.2. The summed E-state index contributed by atoms with van der Waals surface area (Å²) in [4.78, 5) is 14.6. The van der Waals surface area contributed by atoms with Gasteiger partial charge in [-0.25, -0.2) is 8.42 Å². The molecule has 1 saturated heterocycles. The van der Waals surface area contributed by atoms with Crippen molar-refractivity contribution >= 4 is 34.0 Å². The first-order chi connectivity index (χ1) is 12.9. The number of anilines is 1. The highest BCUT2D eigenvalue weighted by Gasteiger charge is 2.34. The highest BCUT2D eigenvalue weighted by molar-refractivity contribution is 7.92. The third-order valence-electron chi connectivity index (χ3n) is 4.76. The fourth-order valence-electron chi connectivity index (χ4n) is 3.41. The highest BCUT2D eigenvalue weighted by Crippen LogP contribution is 2.27. The number of amides is 1. The maximum absolute atomic E-state index is 12.8. The first kappa shape index (κ1) is 22.2. The Labute approximate surface area is 172 Å². The maximum atomic E-state index is 12.8. The van der Waals surface area contributed by atoms with Crippen LogP contribution in [0.2, 0.25) is 0 Å². The minimum Gasteiger partial charge on any atom is -0.336 e. The molecular weight excluding hydrogens is 398 g/mol. The number of nitrogens with one attached hydrogen (secondary N) is 1. The molecule has 1 amide bonds. The number of hydrogen-bond acceptors (Lipinski definition) is 4. The van der Waals surface area contributed by atoms with Crippen molar-refractivity contribution in [2.45, 2.75) is 25.3 Å². The van der Waals surface area contributed by atoms with Gasteiger partial charge in [-0.2, -0.15) is 0 Å². The molecule has 3 rings (SSSR count). The molecular formula is C20H26ClN3O3S. The van der Waals surface area contributed by atoms with Crippen molar-refractivity contribution in [3.05, 3.63) is 65.7 Å². The number of halogens is 1. The molecule has 1 aliphatic heterocycles. The van der Waals surface area contributed by atoms with Crippen LogP contribution in [-0.4, -0.2) is 44.1 Å². The van der Waals surface area contributed by atoms with E-state index in [0.717, 1.165) is 5.56 Å². The SMILES string of the molecule is CCCS(=O)(=O)Nc1ccc(C(=O)N2C[C@@H](N)[C@H](c3ccccc3)C2)cc1.Cl. The molecule has 1 fully saturated rings. The van der Waals surface area contributed by atoms with Gasteiger partial charge in [0.05, 0.1) is 5.75 Å². The summed E-state index contributed by atoms with van der Waals surface area (Å²) >= 11 is 0. The van der Waals surface area contributed by atoms with Crippen molar-refractivity contribution in [1.82, 2.24) is 4.90 Å². The Balaban J connectivity index is 0.00000280. The van der Waals surface area contributed by atoms with E-state index in [-0.39, 0.29) is 36.0 Å². The zero-order valence-corrected chi connectivity index (χ0v) is 17.4. The van der Waals surface area contributed by atoms with Crippen LogP contribution >= 0.6 is 12.4 Å². The number of sulfonamides is 1. The molecule has 2 aromatic carbocycles. The second-order valence-electron chi connectivity index (χ2n) is 6.89. The van der Waals surface area contributed by atoms with Gasteiger partial charge in [0.15, 0.2) is 0 Å². The molecule has 152 valence electrons. The van der Waals surface area contributed by atoms with E-state index in [1.807, 2.05) is 37.3 Å². The van der Waals surface area contributed by atoms with Gasteiger partial charge in [0.2, 0.25) is 10.0 Å². The van der Waals surface area contributed by atoms with E-state index in [1.54, 1.807) is 29.2 Å². The van der Waals surface area contributed by atoms with E-state index in [2.05, 4.69) is 4.72 Å². The number of benzene rings is 2. The molecule has 8 heteroatoms. The number of nitrogens with zero attached hydrogens (tertiary/aromatic N) is 1. The molecule has 28 heavy (non-hydrogen) atoms. The Kier molecular flexibility index (Phi) is 7.46. The first-order valence-corrected chi connectivity index (χ1v) is 10.7. The molecule has 0 spiro atoms. The van der Waals surface area contributed by atoms with Crippen molar-refractivity contribution in [2.75, 3.05) is 23.6 Å². The number of hydrogen-bond donors (Lipinski definition) is 2. The van der Waals surface area contributed by atoms with E-state index in [0.29, 0.717) is 30.8 Å². The monoisotopic (exact) mass is 423 g/mol. The summed E-state index contributed by atoms with van der Waals surface area (Å²) in [6.07, 6.45) is 0.545. The molecule has 0 bridgehead atoms. The molecule has 0 aromatic heterocycles. The van der Waals surface area contributed by atoms with Gasteiger partial charge in [-0.3, -0.25) is 9.52 Å². The van der Waals surface area contributed by atoms with Gasteiger partial charge in [-0.15, -0.1) is 12.4 Å². The van der Waals surface area contributed by atoms with E-state index in [9.17, 15) is 13.2 Å². The van der Waals surface area contributed by atoms with Gasteiger partial charge >= 0.3 is 0 Å². The molecule has 0 saturated carbocycles. The predicted octanol–water partition coefficient (Wildman–Crippen LogP) is 2.83. The van der Waals surface area contributed by atoms with Gasteiger partial charge < -0.3 is 10.6 Å². The maximum Gasteiger partial charge on any atom is 0.253 e. The lowest BCUT2D eigenvalue weighted by molar-refractivity contribution is 0.0789. The topological polar surface area (TPSA) is 92.5 Å². The standard InChI is InChI=1S/C20H25N3O3S.ClH/c1-2-12-27(25,26)22-17-10-8-16(9-11-17)20(24)23-13-18(19(21)14-23)15-6-4-3-5-7-15;/h3-11,18-19,22H,2,12-14,21H2,1H3;1H/t18-,19+;/m0./s1. The molecule has 2 aromatic rings. The minimum absolute atomic E-state index is 0. The van der Waals surface area contributed by atoms with Crippen LogP contribution in [0.3, 0.4) is 0 Å². The quantitative estimate of drug-likeness (QED) is 0.747. The van der Waals surface area contributed by atoms with Gasteiger partial charge in [0, 0.05) is 36.3 Å². The van der Waals surface area contributed by atoms with Gasteiger partial charge in [0.25, 0.3) is 5.91 Å². The summed E-state index contributed by atoms with van der Waals surface area (Å²) in [5.74, 6) is 0.0994. The minimum atomic E-state index is -3.34. The molecule has 3 N–H and O–H groups in total. The van der Waals surface area contributed by atoms with Crippen LogP contribution in [0.5, 0.6) is 0 Å². The lowest BCUT2D eigenvalue weighted by atomic mass is 9.95. The van der Waals surface area contributed by atoms with Crippen molar-refractivity contribution in [3.8, 4) is 0 Å². The lowest BCUT2D eigenvalue weighted by Crippen LogP contribution is -2.32. The first-order valence-electron chi connectivity index (χ1n) is 9.10. The van der Waals surface area contributed by atoms with Crippen LogP contribution in [0.15, 0.2) is 54.6 Å². The molecule has 6 nitrogen and oxygen atoms in total. The molecule has 0 aliphatic carbocycles. The Morgan fingerprint density at radius 1 is 1.11 bits per heavy atom. The highest BCUT2D eigenvalue weighted by atomic mass is 35.5. The number of rotatable bonds is 6. The summed E-state index contributed by atoms with van der Waals surface area (Å²) in [7, 11) is -3.34. The fourth-order valence-corrected chi connectivity index (χ4v) is 4.55. The van der Waals surface area contributed by atoms with Crippen LogP contribution in [-0.2, 0) is 10.0 Å². The van der Waals surface area contributed by atoms with Gasteiger partial charge in [-0.1, -0.05) is 37.3 Å². The zero-order chi connectivity index (χ0) is 19.4. The van der Waals surface area contributed by atoms with Crippen LogP contribution in [0.1, 0.15) is 35.2 Å². The lowest BCUT2D eigenvalue weighted by Gasteiger charge is -2.17. The second-order valence-corrected chi connectivity index (χ2v) is 8.73. The van der Waals surface area contributed by atoms with Crippen molar-refractivity contribution in [2.24, 2.45) is 5.73 Å². The molecule has 1 aliphatic rings. The van der Waals surface area contributed by atoms with E-state index in [1.165, 1.54) is 0 Å². The molecule has 2 atom stereocenters. The van der Waals surface area contributed by atoms with Crippen molar-refractivity contribution < 1.29 is 13.2 Å². The summed E-state index contributed by atoms with van der Waals surface area (Å²) in [6.45, 7) is 2.89. The average Bonchev–Trinajstić information content (AvgIpc) is 3.04. The summed E-state index contributed by atoms with van der Waals surface area (Å²) in [6, 6.07) is 16.4. The van der Waals surface area contributed by atoms with Crippen LogP contribution in [0.25, 0.3) is 0 Å². The smallest absolute Gasteiger partial charge is 0.253 e. The largest absolute Gasteiger partial charge is 0.336 e. The normalized spacial score (nSPS) is 19.1. The van der Waals surface area contributed by atoms with Crippen LogP contribution in [0, 0.1) is 0 Å². The van der Waals surface area contributed by atoms with Crippen molar-refractivity contribution in [1.29, 1.82) is 0 Å². The van der Waals surface area contributed by atoms with E-state index >= 15 is 0 Å². The van der Waals surface area contributed by atoms with Crippen LogP contribution in [0.4, 0.5) is 5.69 Å². The Hall–Kier alpha value is -2.09. The Morgan fingerprint density at radius 3 is 2.36 bits per heavy atom. The number of carbonyl (C=O) groups excluding carboxylic acids is 1. The Morgan fingerprint density at radius 2 is 1.75 bits per heavy atom. The predicted molar refractivity (Wildman–Crippen MR) is 114 cm³/mol. The second kappa shape index (κ2) is 9.41. The molecule has 0 radical (unpaired) electrons. The zero-order valence-electron chi connectivity index (χ0n) is 15.7. The van der Waals surface area contributed by atoms with Gasteiger partial charge in [-0.05, 0) is 36.2 Å². The average molecular weight is 424 g/mol.